The van der Waals surface area contributed by atoms with Crippen LogP contribution in [-0.2, 0) is 13.0 Å². The molecule has 1 aliphatic heterocycles. The van der Waals surface area contributed by atoms with Crippen molar-refractivity contribution < 1.29 is 4.79 Å². The lowest BCUT2D eigenvalue weighted by Crippen LogP contribution is -2.43. The van der Waals surface area contributed by atoms with Crippen LogP contribution in [0.2, 0.25) is 10.0 Å². The molecule has 0 bridgehead atoms. The first-order valence-electron chi connectivity index (χ1n) is 6.64. The Morgan fingerprint density at radius 2 is 2.24 bits per heavy atom. The van der Waals surface area contributed by atoms with Crippen LogP contribution in [0, 0.1) is 0 Å². The molecule has 3 rings (SSSR count). The summed E-state index contributed by atoms with van der Waals surface area (Å²) in [5.41, 5.74) is 0.501. The number of nitrogens with zero attached hydrogens (tertiary/aromatic N) is 2. The number of halogens is 2. The number of hydrogen-bond donors (Lipinski definition) is 2. The molecular formula is C14H14Cl2N4O. The third-order valence-electron chi connectivity index (χ3n) is 3.45. The van der Waals surface area contributed by atoms with E-state index < -0.39 is 0 Å². The third-order valence-corrected chi connectivity index (χ3v) is 4.01. The molecule has 1 aromatic carbocycles. The predicted molar refractivity (Wildman–Crippen MR) is 83.0 cm³/mol. The quantitative estimate of drug-likeness (QED) is 0.890. The Balaban J connectivity index is 1.61. The minimum atomic E-state index is -0.285. The number of imidazole rings is 1. The molecule has 21 heavy (non-hydrogen) atoms. The van der Waals surface area contributed by atoms with Crippen molar-refractivity contribution in [2.24, 2.45) is 0 Å². The number of anilines is 1. The summed E-state index contributed by atoms with van der Waals surface area (Å²) in [6.07, 6.45) is 5.43. The van der Waals surface area contributed by atoms with Crippen LogP contribution < -0.4 is 10.6 Å². The maximum Gasteiger partial charge on any atom is 0.319 e. The molecule has 2 heterocycles. The zero-order chi connectivity index (χ0) is 14.8. The van der Waals surface area contributed by atoms with Crippen LogP contribution in [0.25, 0.3) is 0 Å². The molecule has 0 aliphatic carbocycles. The summed E-state index contributed by atoms with van der Waals surface area (Å²) in [6.45, 7) is 0.728. The number of amides is 2. The highest BCUT2D eigenvalue weighted by Gasteiger charge is 2.20. The Morgan fingerprint density at radius 3 is 3.10 bits per heavy atom. The van der Waals surface area contributed by atoms with Gasteiger partial charge >= 0.3 is 6.03 Å². The van der Waals surface area contributed by atoms with Gasteiger partial charge in [-0.2, -0.15) is 0 Å². The molecule has 0 saturated carbocycles. The van der Waals surface area contributed by atoms with Crippen LogP contribution >= 0.6 is 23.2 Å². The predicted octanol–water partition coefficient (Wildman–Crippen LogP) is 3.33. The lowest BCUT2D eigenvalue weighted by molar-refractivity contribution is 0.244. The van der Waals surface area contributed by atoms with Gasteiger partial charge in [-0.1, -0.05) is 23.2 Å². The van der Waals surface area contributed by atoms with E-state index >= 15 is 0 Å². The second-order valence-electron chi connectivity index (χ2n) is 4.95. The van der Waals surface area contributed by atoms with E-state index in [0.29, 0.717) is 15.7 Å². The molecule has 2 aromatic rings. The van der Waals surface area contributed by atoms with Crippen molar-refractivity contribution in [3.05, 3.63) is 46.5 Å². The van der Waals surface area contributed by atoms with Crippen molar-refractivity contribution in [2.45, 2.75) is 25.4 Å². The van der Waals surface area contributed by atoms with Crippen molar-refractivity contribution >= 4 is 34.9 Å². The van der Waals surface area contributed by atoms with Gasteiger partial charge in [0.2, 0.25) is 0 Å². The average molecular weight is 325 g/mol. The SMILES string of the molecule is O=C(Nc1cc(Cl)ccc1Cl)N[C@H]1CCc2nccn2C1. The van der Waals surface area contributed by atoms with Crippen LogP contribution in [0.3, 0.4) is 0 Å². The van der Waals surface area contributed by atoms with Gasteiger partial charge in [-0.25, -0.2) is 9.78 Å². The van der Waals surface area contributed by atoms with Crippen LogP contribution in [0.15, 0.2) is 30.6 Å². The van der Waals surface area contributed by atoms with Crippen molar-refractivity contribution in [1.82, 2.24) is 14.9 Å². The Kier molecular flexibility index (Phi) is 4.03. The van der Waals surface area contributed by atoms with E-state index in [1.165, 1.54) is 0 Å². The molecule has 2 N–H and O–H groups in total. The number of benzene rings is 1. The first-order valence-corrected chi connectivity index (χ1v) is 7.40. The number of rotatable bonds is 2. The van der Waals surface area contributed by atoms with Crippen molar-refractivity contribution in [3.8, 4) is 0 Å². The first-order chi connectivity index (χ1) is 10.1. The van der Waals surface area contributed by atoms with Crippen LogP contribution in [-0.4, -0.2) is 21.6 Å². The molecule has 110 valence electrons. The molecule has 2 amide bonds. The van der Waals surface area contributed by atoms with Gasteiger partial charge in [-0.05, 0) is 24.6 Å². The zero-order valence-electron chi connectivity index (χ0n) is 11.1. The Bertz CT molecular complexity index is 671. The second-order valence-corrected chi connectivity index (χ2v) is 5.80. The number of nitrogens with one attached hydrogen (secondary N) is 2. The van der Waals surface area contributed by atoms with Gasteiger partial charge in [0.05, 0.1) is 10.7 Å². The maximum absolute atomic E-state index is 12.0. The lowest BCUT2D eigenvalue weighted by atomic mass is 10.1. The molecule has 0 spiro atoms. The van der Waals surface area contributed by atoms with E-state index in [2.05, 4.69) is 20.2 Å². The summed E-state index contributed by atoms with van der Waals surface area (Å²) >= 11 is 11.9. The normalized spacial score (nSPS) is 17.1. The Labute approximate surface area is 132 Å². The summed E-state index contributed by atoms with van der Waals surface area (Å²) in [4.78, 5) is 16.3. The van der Waals surface area contributed by atoms with Gasteiger partial charge in [0.25, 0.3) is 0 Å². The van der Waals surface area contributed by atoms with Gasteiger partial charge in [0.1, 0.15) is 5.82 Å². The largest absolute Gasteiger partial charge is 0.333 e. The van der Waals surface area contributed by atoms with Crippen LogP contribution in [0.4, 0.5) is 10.5 Å². The van der Waals surface area contributed by atoms with Gasteiger partial charge in [-0.15, -0.1) is 0 Å². The molecule has 1 aromatic heterocycles. The molecule has 1 atom stereocenters. The van der Waals surface area contributed by atoms with Gasteiger partial charge in [0.15, 0.2) is 0 Å². The number of carbonyl (C=O) groups is 1. The smallest absolute Gasteiger partial charge is 0.319 e. The minimum Gasteiger partial charge on any atom is -0.333 e. The van der Waals surface area contributed by atoms with E-state index in [4.69, 9.17) is 23.2 Å². The number of fused-ring (bicyclic) bond motifs is 1. The van der Waals surface area contributed by atoms with Crippen molar-refractivity contribution in [1.29, 1.82) is 0 Å². The second kappa shape index (κ2) is 5.95. The molecule has 0 fully saturated rings. The number of hydrogen-bond acceptors (Lipinski definition) is 2. The molecule has 7 heteroatoms. The Morgan fingerprint density at radius 1 is 1.38 bits per heavy atom. The zero-order valence-corrected chi connectivity index (χ0v) is 12.7. The summed E-state index contributed by atoms with van der Waals surface area (Å²) in [7, 11) is 0. The number of aryl methyl sites for hydroxylation is 1. The highest BCUT2D eigenvalue weighted by molar-refractivity contribution is 6.35. The average Bonchev–Trinajstić information content (AvgIpc) is 2.90. The minimum absolute atomic E-state index is 0.0738. The summed E-state index contributed by atoms with van der Waals surface area (Å²) < 4.78 is 2.06. The molecular weight excluding hydrogens is 311 g/mol. The van der Waals surface area contributed by atoms with Gasteiger partial charge < -0.3 is 15.2 Å². The standard InChI is InChI=1S/C14H14Cl2N4O/c15-9-1-3-11(16)12(7-9)19-14(21)18-10-2-4-13-17-5-6-20(13)8-10/h1,3,5-7,10H,2,4,8H2,(H2,18,19,21)/t10-/m0/s1. The van der Waals surface area contributed by atoms with Crippen LogP contribution in [0.5, 0.6) is 0 Å². The summed E-state index contributed by atoms with van der Waals surface area (Å²) in [5.74, 6) is 1.06. The number of carbonyl (C=O) groups excluding carboxylic acids is 1. The highest BCUT2D eigenvalue weighted by Crippen LogP contribution is 2.25. The molecule has 1 aliphatic rings. The van der Waals surface area contributed by atoms with Crippen molar-refractivity contribution in [2.75, 3.05) is 5.32 Å². The lowest BCUT2D eigenvalue weighted by Gasteiger charge is -2.24. The molecule has 0 saturated heterocycles. The summed E-state index contributed by atoms with van der Waals surface area (Å²) in [6, 6.07) is 4.74. The topological polar surface area (TPSA) is 59.0 Å². The monoisotopic (exact) mass is 324 g/mol. The fourth-order valence-electron chi connectivity index (χ4n) is 2.42. The fourth-order valence-corrected chi connectivity index (χ4v) is 2.76. The number of urea groups is 1. The van der Waals surface area contributed by atoms with Crippen LogP contribution in [0.1, 0.15) is 12.2 Å². The Hall–Kier alpha value is -1.72. The fraction of sp³-hybridized carbons (Fsp3) is 0.286. The maximum atomic E-state index is 12.0. The van der Waals surface area contributed by atoms with E-state index in [-0.39, 0.29) is 12.1 Å². The molecule has 0 unspecified atom stereocenters. The first kappa shape index (κ1) is 14.2. The highest BCUT2D eigenvalue weighted by atomic mass is 35.5. The summed E-state index contributed by atoms with van der Waals surface area (Å²) in [5, 5.41) is 6.65. The molecule has 5 nitrogen and oxygen atoms in total. The molecule has 0 radical (unpaired) electrons. The van der Waals surface area contributed by atoms with Gasteiger partial charge in [-0.3, -0.25) is 0 Å². The third kappa shape index (κ3) is 3.31. The van der Waals surface area contributed by atoms with Crippen molar-refractivity contribution in [3.63, 3.8) is 0 Å². The van der Waals surface area contributed by atoms with Gasteiger partial charge in [0, 0.05) is 36.4 Å². The van der Waals surface area contributed by atoms with E-state index in [1.807, 2.05) is 6.20 Å². The van der Waals surface area contributed by atoms with E-state index in [9.17, 15) is 4.79 Å². The number of aromatic nitrogens is 2. The van der Waals surface area contributed by atoms with E-state index in [0.717, 1.165) is 25.2 Å². The van der Waals surface area contributed by atoms with E-state index in [1.54, 1.807) is 24.4 Å².